The summed E-state index contributed by atoms with van der Waals surface area (Å²) in [4.78, 5) is 26.5. The van der Waals surface area contributed by atoms with Crippen LogP contribution in [0.15, 0.2) is 0 Å². The number of amides is 1. The Kier molecular flexibility index (Phi) is 4.93. The Morgan fingerprint density at radius 3 is 2.71 bits per heavy atom. The molecular weight excluding hydrogens is 220 g/mol. The Hall–Kier alpha value is -1.10. The van der Waals surface area contributed by atoms with Crippen molar-refractivity contribution in [2.24, 2.45) is 5.92 Å². The lowest BCUT2D eigenvalue weighted by atomic mass is 9.96. The third-order valence-corrected chi connectivity index (χ3v) is 3.45. The van der Waals surface area contributed by atoms with E-state index in [2.05, 4.69) is 4.90 Å². The van der Waals surface area contributed by atoms with Crippen molar-refractivity contribution in [2.45, 2.75) is 32.2 Å². The number of carbonyl (C=O) groups is 2. The highest BCUT2D eigenvalue weighted by Gasteiger charge is 2.28. The van der Waals surface area contributed by atoms with Gasteiger partial charge in [0.2, 0.25) is 5.91 Å². The van der Waals surface area contributed by atoms with Crippen molar-refractivity contribution in [3.05, 3.63) is 0 Å². The Balaban J connectivity index is 2.53. The van der Waals surface area contributed by atoms with Gasteiger partial charge in [0.05, 0.1) is 12.3 Å². The molecular formula is C12H22N2O3. The minimum atomic E-state index is -0.863. The van der Waals surface area contributed by atoms with Gasteiger partial charge in [-0.2, -0.15) is 0 Å². The first-order valence-electron chi connectivity index (χ1n) is 6.08. The average molecular weight is 242 g/mol. The number of hydrogen-bond donors (Lipinski definition) is 1. The molecule has 2 unspecified atom stereocenters. The van der Waals surface area contributed by atoms with E-state index in [1.807, 2.05) is 7.05 Å². The van der Waals surface area contributed by atoms with Crippen LogP contribution in [-0.2, 0) is 9.59 Å². The van der Waals surface area contributed by atoms with Gasteiger partial charge < -0.3 is 14.9 Å². The summed E-state index contributed by atoms with van der Waals surface area (Å²) >= 11 is 0. The Bertz CT molecular complexity index is 293. The summed E-state index contributed by atoms with van der Waals surface area (Å²) in [5, 5.41) is 8.72. The first kappa shape index (κ1) is 14.0. The van der Waals surface area contributed by atoms with Gasteiger partial charge in [0.1, 0.15) is 0 Å². The van der Waals surface area contributed by atoms with Gasteiger partial charge in [0.15, 0.2) is 0 Å². The monoisotopic (exact) mass is 242 g/mol. The predicted molar refractivity (Wildman–Crippen MR) is 64.7 cm³/mol. The van der Waals surface area contributed by atoms with Crippen LogP contribution in [0.1, 0.15) is 26.2 Å². The molecule has 0 saturated carbocycles. The standard InChI is InChI=1S/C12H22N2O3/c1-9(7-11(15)16)14(3)12(17)10-5-4-6-13(2)8-10/h9-10H,4-8H2,1-3H3,(H,15,16). The SMILES string of the molecule is CC(CC(=O)O)N(C)C(=O)C1CCCN(C)C1. The van der Waals surface area contributed by atoms with E-state index in [-0.39, 0.29) is 24.3 Å². The molecule has 1 amide bonds. The van der Waals surface area contributed by atoms with E-state index in [1.54, 1.807) is 18.9 Å². The van der Waals surface area contributed by atoms with Crippen LogP contribution >= 0.6 is 0 Å². The van der Waals surface area contributed by atoms with Crippen molar-refractivity contribution in [2.75, 3.05) is 27.2 Å². The largest absolute Gasteiger partial charge is 0.481 e. The van der Waals surface area contributed by atoms with Gasteiger partial charge in [-0.05, 0) is 33.4 Å². The highest BCUT2D eigenvalue weighted by Crippen LogP contribution is 2.18. The molecule has 1 heterocycles. The number of likely N-dealkylation sites (tertiary alicyclic amines) is 1. The summed E-state index contributed by atoms with van der Waals surface area (Å²) in [7, 11) is 3.71. The van der Waals surface area contributed by atoms with Gasteiger partial charge >= 0.3 is 5.97 Å². The maximum atomic E-state index is 12.2. The highest BCUT2D eigenvalue weighted by molar-refractivity contribution is 5.80. The molecule has 2 atom stereocenters. The first-order chi connectivity index (χ1) is 7.91. The second kappa shape index (κ2) is 6.00. The molecule has 98 valence electrons. The highest BCUT2D eigenvalue weighted by atomic mass is 16.4. The van der Waals surface area contributed by atoms with Crippen LogP contribution in [0.5, 0.6) is 0 Å². The smallest absolute Gasteiger partial charge is 0.305 e. The summed E-state index contributed by atoms with van der Waals surface area (Å²) in [6.45, 7) is 3.60. The lowest BCUT2D eigenvalue weighted by molar-refractivity contribution is -0.142. The topological polar surface area (TPSA) is 60.9 Å². The fourth-order valence-electron chi connectivity index (χ4n) is 2.26. The summed E-state index contributed by atoms with van der Waals surface area (Å²) in [6.07, 6.45) is 1.95. The minimum Gasteiger partial charge on any atom is -0.481 e. The number of rotatable bonds is 4. The molecule has 0 aromatic carbocycles. The van der Waals surface area contributed by atoms with E-state index < -0.39 is 5.97 Å². The number of carboxylic acid groups (broad SMARTS) is 1. The molecule has 0 aromatic rings. The first-order valence-corrected chi connectivity index (χ1v) is 6.08. The minimum absolute atomic E-state index is 0.00476. The zero-order chi connectivity index (χ0) is 13.0. The van der Waals surface area contributed by atoms with Crippen LogP contribution in [0.25, 0.3) is 0 Å². The van der Waals surface area contributed by atoms with Crippen molar-refractivity contribution in [1.82, 2.24) is 9.80 Å². The Morgan fingerprint density at radius 1 is 1.53 bits per heavy atom. The van der Waals surface area contributed by atoms with E-state index >= 15 is 0 Å². The molecule has 5 heteroatoms. The van der Waals surface area contributed by atoms with E-state index in [9.17, 15) is 9.59 Å². The molecule has 0 aromatic heterocycles. The van der Waals surface area contributed by atoms with Crippen molar-refractivity contribution in [1.29, 1.82) is 0 Å². The van der Waals surface area contributed by atoms with Crippen LogP contribution in [0.3, 0.4) is 0 Å². The molecule has 1 saturated heterocycles. The third-order valence-electron chi connectivity index (χ3n) is 3.45. The van der Waals surface area contributed by atoms with Gasteiger partial charge in [-0.15, -0.1) is 0 Å². The lowest BCUT2D eigenvalue weighted by Crippen LogP contribution is -2.45. The fourth-order valence-corrected chi connectivity index (χ4v) is 2.26. The molecule has 1 N–H and O–H groups in total. The molecule has 1 rings (SSSR count). The summed E-state index contributed by atoms with van der Waals surface area (Å²) < 4.78 is 0. The molecule has 0 bridgehead atoms. The van der Waals surface area contributed by atoms with Crippen LogP contribution in [0.4, 0.5) is 0 Å². The molecule has 5 nitrogen and oxygen atoms in total. The summed E-state index contributed by atoms with van der Waals surface area (Å²) in [5.74, 6) is -0.766. The van der Waals surface area contributed by atoms with Crippen LogP contribution in [0.2, 0.25) is 0 Å². The molecule has 1 aliphatic rings. The fraction of sp³-hybridized carbons (Fsp3) is 0.833. The molecule has 1 aliphatic heterocycles. The number of nitrogens with zero attached hydrogens (tertiary/aromatic N) is 2. The van der Waals surface area contributed by atoms with Gasteiger partial charge in [0.25, 0.3) is 0 Å². The maximum absolute atomic E-state index is 12.2. The Labute approximate surface area is 102 Å². The van der Waals surface area contributed by atoms with Crippen LogP contribution in [0, 0.1) is 5.92 Å². The van der Waals surface area contributed by atoms with Crippen LogP contribution in [-0.4, -0.2) is 60.0 Å². The van der Waals surface area contributed by atoms with E-state index in [0.29, 0.717) is 0 Å². The van der Waals surface area contributed by atoms with Gasteiger partial charge in [-0.25, -0.2) is 0 Å². The number of hydrogen-bond acceptors (Lipinski definition) is 3. The van der Waals surface area contributed by atoms with E-state index in [1.165, 1.54) is 0 Å². The Morgan fingerprint density at radius 2 is 2.18 bits per heavy atom. The van der Waals surface area contributed by atoms with Gasteiger partial charge in [-0.1, -0.05) is 0 Å². The zero-order valence-corrected chi connectivity index (χ0v) is 10.8. The van der Waals surface area contributed by atoms with E-state index in [0.717, 1.165) is 25.9 Å². The van der Waals surface area contributed by atoms with Crippen LogP contribution < -0.4 is 0 Å². The molecule has 17 heavy (non-hydrogen) atoms. The maximum Gasteiger partial charge on any atom is 0.305 e. The van der Waals surface area contributed by atoms with Crippen molar-refractivity contribution in [3.63, 3.8) is 0 Å². The van der Waals surface area contributed by atoms with Crippen molar-refractivity contribution in [3.8, 4) is 0 Å². The predicted octanol–water partition coefficient (Wildman–Crippen LogP) is 0.650. The second-order valence-corrected chi connectivity index (χ2v) is 5.00. The normalized spacial score (nSPS) is 23.1. The molecule has 0 radical (unpaired) electrons. The van der Waals surface area contributed by atoms with Gasteiger partial charge in [-0.3, -0.25) is 9.59 Å². The number of piperidine rings is 1. The summed E-state index contributed by atoms with van der Waals surface area (Å²) in [6, 6.07) is -0.243. The molecule has 0 aliphatic carbocycles. The lowest BCUT2D eigenvalue weighted by Gasteiger charge is -2.33. The number of carboxylic acids is 1. The van der Waals surface area contributed by atoms with E-state index in [4.69, 9.17) is 5.11 Å². The average Bonchev–Trinajstić information content (AvgIpc) is 2.26. The molecule has 1 fully saturated rings. The summed E-state index contributed by atoms with van der Waals surface area (Å²) in [5.41, 5.74) is 0. The number of aliphatic carboxylic acids is 1. The van der Waals surface area contributed by atoms with Gasteiger partial charge in [0, 0.05) is 19.6 Å². The third kappa shape index (κ3) is 4.00. The quantitative estimate of drug-likeness (QED) is 0.786. The molecule has 0 spiro atoms. The zero-order valence-electron chi connectivity index (χ0n) is 10.8. The van der Waals surface area contributed by atoms with Crippen molar-refractivity contribution < 1.29 is 14.7 Å². The van der Waals surface area contributed by atoms with Crippen molar-refractivity contribution >= 4 is 11.9 Å². The number of carbonyl (C=O) groups excluding carboxylic acids is 1. The second-order valence-electron chi connectivity index (χ2n) is 5.00.